The number of hydrogen-bond acceptors (Lipinski definition) is 8. The molecule has 106 valence electrons. The van der Waals surface area contributed by atoms with E-state index in [4.69, 9.17) is 4.42 Å². The summed E-state index contributed by atoms with van der Waals surface area (Å²) >= 11 is 2.82. The highest BCUT2D eigenvalue weighted by atomic mass is 32.2. The number of nitrogens with zero attached hydrogens (tertiary/aromatic N) is 3. The average molecular weight is 312 g/mol. The molecule has 0 radical (unpaired) electrons. The fourth-order valence-electron chi connectivity index (χ4n) is 1.25. The molecule has 0 aromatic carbocycles. The molecular weight excluding hydrogens is 300 g/mol. The second-order valence-electron chi connectivity index (χ2n) is 4.03. The van der Waals surface area contributed by atoms with Gasteiger partial charge in [0.05, 0.1) is 6.07 Å². The molecule has 2 rings (SSSR count). The van der Waals surface area contributed by atoms with Crippen molar-refractivity contribution >= 4 is 40.2 Å². The third-order valence-electron chi connectivity index (χ3n) is 2.01. The third-order valence-corrected chi connectivity index (χ3v) is 3.76. The first-order chi connectivity index (χ1) is 9.54. The van der Waals surface area contributed by atoms with Gasteiger partial charge in [-0.05, 0) is 31.4 Å². The molecule has 2 aromatic rings. The Morgan fingerprint density at radius 2 is 2.30 bits per heavy atom. The summed E-state index contributed by atoms with van der Waals surface area (Å²) in [5.41, 5.74) is 0. The van der Waals surface area contributed by atoms with Gasteiger partial charge in [0.25, 0.3) is 0 Å². The molecule has 0 aliphatic heterocycles. The predicted molar refractivity (Wildman–Crippen MR) is 78.9 cm³/mol. The second-order valence-corrected chi connectivity index (χ2v) is 6.16. The number of rotatable bonds is 6. The number of thioether (sulfide) groups is 1. The fourth-order valence-corrected chi connectivity index (χ4v) is 2.88. The van der Waals surface area contributed by atoms with Crippen LogP contribution in [0.2, 0.25) is 0 Å². The van der Waals surface area contributed by atoms with Crippen LogP contribution in [-0.4, -0.2) is 21.2 Å². The predicted octanol–water partition coefficient (Wildman–Crippen LogP) is 3.62. The van der Waals surface area contributed by atoms with Crippen molar-refractivity contribution in [3.8, 4) is 0 Å². The summed E-state index contributed by atoms with van der Waals surface area (Å²) in [6.45, 7) is 4.05. The Balaban J connectivity index is 1.92. The first-order valence-electron chi connectivity index (χ1n) is 5.72. The lowest BCUT2D eigenvalue weighted by molar-refractivity contribution is -0.402. The second kappa shape index (κ2) is 6.53. The van der Waals surface area contributed by atoms with Crippen LogP contribution >= 0.6 is 23.1 Å². The van der Waals surface area contributed by atoms with E-state index in [0.717, 1.165) is 9.47 Å². The smallest absolute Gasteiger partial charge is 0.401 e. The maximum atomic E-state index is 10.5. The molecule has 0 aliphatic carbocycles. The van der Waals surface area contributed by atoms with E-state index in [-0.39, 0.29) is 5.88 Å². The zero-order valence-electron chi connectivity index (χ0n) is 10.8. The first-order valence-corrected chi connectivity index (χ1v) is 7.41. The Kier molecular flexibility index (Phi) is 4.74. The van der Waals surface area contributed by atoms with E-state index in [2.05, 4.69) is 15.5 Å². The van der Waals surface area contributed by atoms with Gasteiger partial charge in [-0.1, -0.05) is 23.1 Å². The minimum absolute atomic E-state index is 0.269. The van der Waals surface area contributed by atoms with Crippen molar-refractivity contribution < 1.29 is 9.34 Å². The highest BCUT2D eigenvalue weighted by Gasteiger charge is 2.10. The number of hydrogen-bond donors (Lipinski definition) is 1. The molecule has 2 aromatic heterocycles. The molecule has 2 heterocycles. The van der Waals surface area contributed by atoms with E-state index in [1.54, 1.807) is 17.6 Å². The summed E-state index contributed by atoms with van der Waals surface area (Å²) in [4.78, 5) is 9.89. The topological polar surface area (TPSA) is 94.1 Å². The van der Waals surface area contributed by atoms with Crippen molar-refractivity contribution in [2.75, 3.05) is 5.32 Å². The van der Waals surface area contributed by atoms with Crippen LogP contribution in [0.15, 0.2) is 26.3 Å². The Hall–Kier alpha value is -1.87. The van der Waals surface area contributed by atoms with Crippen LogP contribution in [0, 0.1) is 10.1 Å². The molecule has 9 heteroatoms. The van der Waals surface area contributed by atoms with Gasteiger partial charge in [0.15, 0.2) is 4.34 Å². The van der Waals surface area contributed by atoms with Crippen molar-refractivity contribution in [2.45, 2.75) is 24.2 Å². The summed E-state index contributed by atoms with van der Waals surface area (Å²) in [6, 6.07) is 3.17. The van der Waals surface area contributed by atoms with Gasteiger partial charge in [-0.15, -0.1) is 10.2 Å². The molecule has 0 atom stereocenters. The molecule has 20 heavy (non-hydrogen) atoms. The van der Waals surface area contributed by atoms with Crippen LogP contribution < -0.4 is 5.32 Å². The van der Waals surface area contributed by atoms with Crippen molar-refractivity contribution in [1.29, 1.82) is 0 Å². The molecule has 0 saturated carbocycles. The van der Waals surface area contributed by atoms with E-state index in [1.807, 2.05) is 13.8 Å². The molecular formula is C11H12N4O3S2. The lowest BCUT2D eigenvalue weighted by atomic mass is 10.4. The minimum Gasteiger partial charge on any atom is -0.401 e. The Bertz CT molecular complexity index is 621. The standard InChI is InChI=1S/C11H12N4O3S2/c1-7(2)12-10-13-14-11(20-10)19-6-5-8-3-4-9(18-8)15(16)17/h3-7H,1-2H3,(H,12,13)/b6-5+. The van der Waals surface area contributed by atoms with Gasteiger partial charge in [0, 0.05) is 6.04 Å². The van der Waals surface area contributed by atoms with Gasteiger partial charge in [0.1, 0.15) is 10.7 Å². The molecule has 0 amide bonds. The zero-order chi connectivity index (χ0) is 14.5. The lowest BCUT2D eigenvalue weighted by Crippen LogP contribution is -2.08. The van der Waals surface area contributed by atoms with E-state index in [0.29, 0.717) is 11.8 Å². The molecule has 0 saturated heterocycles. The van der Waals surface area contributed by atoms with E-state index in [9.17, 15) is 10.1 Å². The van der Waals surface area contributed by atoms with Gasteiger partial charge >= 0.3 is 5.88 Å². The molecule has 0 bridgehead atoms. The largest absolute Gasteiger partial charge is 0.433 e. The quantitative estimate of drug-likeness (QED) is 0.494. The molecule has 0 spiro atoms. The van der Waals surface area contributed by atoms with E-state index in [1.165, 1.54) is 29.2 Å². The molecule has 7 nitrogen and oxygen atoms in total. The fraction of sp³-hybridized carbons (Fsp3) is 0.273. The summed E-state index contributed by atoms with van der Waals surface area (Å²) in [6.07, 6.45) is 1.65. The summed E-state index contributed by atoms with van der Waals surface area (Å²) in [5.74, 6) is 0.156. The minimum atomic E-state index is -0.570. The van der Waals surface area contributed by atoms with E-state index >= 15 is 0 Å². The number of furan rings is 1. The van der Waals surface area contributed by atoms with E-state index < -0.39 is 4.92 Å². The Morgan fingerprint density at radius 1 is 1.50 bits per heavy atom. The van der Waals surface area contributed by atoms with Gasteiger partial charge in [-0.25, -0.2) is 0 Å². The summed E-state index contributed by atoms with van der Waals surface area (Å²) in [5, 5.41) is 24.2. The number of aromatic nitrogens is 2. The van der Waals surface area contributed by atoms with Crippen molar-refractivity contribution in [3.63, 3.8) is 0 Å². The van der Waals surface area contributed by atoms with Gasteiger partial charge in [-0.2, -0.15) is 0 Å². The monoisotopic (exact) mass is 312 g/mol. The van der Waals surface area contributed by atoms with Gasteiger partial charge < -0.3 is 9.73 Å². The molecule has 1 N–H and O–H groups in total. The first kappa shape index (κ1) is 14.5. The molecule has 0 unspecified atom stereocenters. The molecule has 0 fully saturated rings. The van der Waals surface area contributed by atoms with Crippen LogP contribution in [0.1, 0.15) is 19.6 Å². The van der Waals surface area contributed by atoms with Crippen LogP contribution in [0.4, 0.5) is 11.0 Å². The Labute approximate surface area is 123 Å². The number of nitro groups is 1. The third kappa shape index (κ3) is 4.07. The van der Waals surface area contributed by atoms with Crippen LogP contribution in [0.5, 0.6) is 0 Å². The number of nitrogens with one attached hydrogen (secondary N) is 1. The van der Waals surface area contributed by atoms with Crippen molar-refractivity contribution in [1.82, 2.24) is 10.2 Å². The lowest BCUT2D eigenvalue weighted by Gasteiger charge is -2.02. The highest BCUT2D eigenvalue weighted by molar-refractivity contribution is 8.03. The van der Waals surface area contributed by atoms with Crippen LogP contribution in [0.3, 0.4) is 0 Å². The average Bonchev–Trinajstić information content (AvgIpc) is 2.98. The summed E-state index contributed by atoms with van der Waals surface area (Å²) in [7, 11) is 0. The van der Waals surface area contributed by atoms with Crippen LogP contribution in [-0.2, 0) is 0 Å². The van der Waals surface area contributed by atoms with Gasteiger partial charge in [-0.3, -0.25) is 10.1 Å². The number of anilines is 1. The highest BCUT2D eigenvalue weighted by Crippen LogP contribution is 2.27. The van der Waals surface area contributed by atoms with Crippen molar-refractivity contribution in [3.05, 3.63) is 33.4 Å². The maximum Gasteiger partial charge on any atom is 0.433 e. The normalized spacial score (nSPS) is 11.3. The van der Waals surface area contributed by atoms with Gasteiger partial charge in [0.2, 0.25) is 5.13 Å². The summed E-state index contributed by atoms with van der Waals surface area (Å²) < 4.78 is 5.78. The van der Waals surface area contributed by atoms with Crippen LogP contribution in [0.25, 0.3) is 6.08 Å². The maximum absolute atomic E-state index is 10.5. The Morgan fingerprint density at radius 3 is 2.95 bits per heavy atom. The molecule has 0 aliphatic rings. The van der Waals surface area contributed by atoms with Crippen molar-refractivity contribution in [2.24, 2.45) is 0 Å². The SMILES string of the molecule is CC(C)Nc1nnc(S/C=C/c2ccc([N+](=O)[O-])o2)s1. The zero-order valence-corrected chi connectivity index (χ0v) is 12.4.